The molecule has 0 spiro atoms. The molecule has 0 amide bonds. The third kappa shape index (κ3) is 5.00. The van der Waals surface area contributed by atoms with Crippen LogP contribution in [0.4, 0.5) is 0 Å². The molecule has 2 rings (SSSR count). The molecular formula is C21H24O2S. The highest BCUT2D eigenvalue weighted by atomic mass is 32.2. The molecule has 0 fully saturated rings. The third-order valence-electron chi connectivity index (χ3n) is 3.83. The number of carbonyl (C=O) groups excluding carboxylic acids is 1. The minimum absolute atomic E-state index is 0.147. The van der Waals surface area contributed by atoms with Crippen molar-refractivity contribution in [2.45, 2.75) is 44.4 Å². The van der Waals surface area contributed by atoms with E-state index in [-0.39, 0.29) is 5.78 Å². The van der Waals surface area contributed by atoms with Gasteiger partial charge in [-0.15, -0.1) is 0 Å². The maximum absolute atomic E-state index is 13.0. The Morgan fingerprint density at radius 1 is 1.00 bits per heavy atom. The Morgan fingerprint density at radius 3 is 2.29 bits per heavy atom. The lowest BCUT2D eigenvalue weighted by Crippen LogP contribution is -2.09. The van der Waals surface area contributed by atoms with E-state index < -0.39 is 10.8 Å². The summed E-state index contributed by atoms with van der Waals surface area (Å²) < 4.78 is 13.0. The first-order valence-corrected chi connectivity index (χ1v) is 9.56. The standard InChI is InChI=1S/C21H24O2S/c1-3-4-5-9-12-20(21(22)18-10-7-6-8-11-18)24(23)19-15-13-17(2)14-16-19/h6-8,10-16H,3-5,9H2,1-2H3/b20-12+. The van der Waals surface area contributed by atoms with Gasteiger partial charge in [0, 0.05) is 10.5 Å². The molecule has 0 heterocycles. The summed E-state index contributed by atoms with van der Waals surface area (Å²) in [5, 5.41) is 0. The molecule has 0 saturated heterocycles. The van der Waals surface area contributed by atoms with Crippen molar-refractivity contribution in [2.24, 2.45) is 0 Å². The van der Waals surface area contributed by atoms with Gasteiger partial charge in [-0.3, -0.25) is 4.79 Å². The topological polar surface area (TPSA) is 34.1 Å². The Morgan fingerprint density at radius 2 is 1.67 bits per heavy atom. The van der Waals surface area contributed by atoms with Gasteiger partial charge in [0.1, 0.15) is 0 Å². The molecule has 0 radical (unpaired) electrons. The summed E-state index contributed by atoms with van der Waals surface area (Å²) in [6, 6.07) is 16.6. The van der Waals surface area contributed by atoms with Gasteiger partial charge in [0.2, 0.25) is 5.78 Å². The second kappa shape index (κ2) is 9.33. The molecule has 0 bridgehead atoms. The van der Waals surface area contributed by atoms with E-state index in [4.69, 9.17) is 0 Å². The second-order valence-corrected chi connectivity index (χ2v) is 7.29. The lowest BCUT2D eigenvalue weighted by Gasteiger charge is -2.08. The predicted octanol–water partition coefficient (Wildman–Crippen LogP) is 5.45. The van der Waals surface area contributed by atoms with Crippen LogP contribution in [0.5, 0.6) is 0 Å². The quantitative estimate of drug-likeness (QED) is 0.364. The summed E-state index contributed by atoms with van der Waals surface area (Å²) in [6.07, 6.45) is 5.88. The number of Topliss-reactive ketones (excluding diaryl/α,β-unsaturated/α-hetero) is 1. The minimum atomic E-state index is -1.45. The summed E-state index contributed by atoms with van der Waals surface area (Å²) in [5.74, 6) is -0.147. The van der Waals surface area contributed by atoms with Crippen molar-refractivity contribution in [1.82, 2.24) is 0 Å². The van der Waals surface area contributed by atoms with Crippen LogP contribution in [0.3, 0.4) is 0 Å². The highest BCUT2D eigenvalue weighted by molar-refractivity contribution is 7.90. The van der Waals surface area contributed by atoms with Gasteiger partial charge in [-0.25, -0.2) is 4.21 Å². The summed E-state index contributed by atoms with van der Waals surface area (Å²) in [6.45, 7) is 4.13. The van der Waals surface area contributed by atoms with Crippen LogP contribution in [-0.4, -0.2) is 9.99 Å². The fourth-order valence-electron chi connectivity index (χ4n) is 2.40. The SMILES string of the molecule is CCCCC/C=C(\C(=O)c1ccccc1)S(=O)c1ccc(C)cc1. The van der Waals surface area contributed by atoms with Crippen molar-refractivity contribution in [3.8, 4) is 0 Å². The van der Waals surface area contributed by atoms with Crippen LogP contribution in [0, 0.1) is 6.92 Å². The van der Waals surface area contributed by atoms with Crippen LogP contribution >= 0.6 is 0 Å². The Bertz CT molecular complexity index is 715. The van der Waals surface area contributed by atoms with Crippen LogP contribution in [0.25, 0.3) is 0 Å². The number of benzene rings is 2. The molecule has 1 unspecified atom stereocenters. The molecule has 2 aromatic carbocycles. The largest absolute Gasteiger partial charge is 0.288 e. The Hall–Kier alpha value is -2.00. The molecule has 2 nitrogen and oxygen atoms in total. The van der Waals surface area contributed by atoms with E-state index in [0.29, 0.717) is 15.4 Å². The normalized spacial score (nSPS) is 12.8. The van der Waals surface area contributed by atoms with Crippen LogP contribution in [0.15, 0.2) is 70.5 Å². The molecule has 2 aromatic rings. The molecule has 1 atom stereocenters. The lowest BCUT2D eigenvalue weighted by molar-refractivity contribution is 0.104. The number of ketones is 1. The first-order valence-electron chi connectivity index (χ1n) is 8.42. The van der Waals surface area contributed by atoms with E-state index >= 15 is 0 Å². The van der Waals surface area contributed by atoms with Gasteiger partial charge < -0.3 is 0 Å². The Balaban J connectivity index is 2.30. The van der Waals surface area contributed by atoms with Crippen LogP contribution in [0.2, 0.25) is 0 Å². The second-order valence-electron chi connectivity index (χ2n) is 5.84. The first-order chi connectivity index (χ1) is 11.6. The number of hydrogen-bond acceptors (Lipinski definition) is 2. The van der Waals surface area contributed by atoms with Gasteiger partial charge in [-0.1, -0.05) is 73.9 Å². The molecule has 0 aliphatic carbocycles. The maximum atomic E-state index is 13.0. The highest BCUT2D eigenvalue weighted by Gasteiger charge is 2.19. The van der Waals surface area contributed by atoms with Crippen LogP contribution in [-0.2, 0) is 10.8 Å². The predicted molar refractivity (Wildman–Crippen MR) is 101 cm³/mol. The average Bonchev–Trinajstić information content (AvgIpc) is 2.62. The molecule has 0 aromatic heterocycles. The number of rotatable bonds is 8. The van der Waals surface area contributed by atoms with Crippen molar-refractivity contribution in [1.29, 1.82) is 0 Å². The molecule has 3 heteroatoms. The van der Waals surface area contributed by atoms with E-state index in [1.54, 1.807) is 12.1 Å². The fraction of sp³-hybridized carbons (Fsp3) is 0.286. The number of allylic oxidation sites excluding steroid dienone is 2. The molecule has 0 N–H and O–H groups in total. The van der Waals surface area contributed by atoms with Crippen LogP contribution in [0.1, 0.15) is 48.5 Å². The fourth-order valence-corrected chi connectivity index (χ4v) is 3.59. The van der Waals surface area contributed by atoms with Gasteiger partial charge in [0.25, 0.3) is 0 Å². The monoisotopic (exact) mass is 340 g/mol. The zero-order valence-corrected chi connectivity index (χ0v) is 15.1. The summed E-state index contributed by atoms with van der Waals surface area (Å²) in [5.41, 5.74) is 1.69. The smallest absolute Gasteiger partial charge is 0.201 e. The van der Waals surface area contributed by atoms with E-state index in [1.165, 1.54) is 0 Å². The van der Waals surface area contributed by atoms with Gasteiger partial charge in [-0.05, 0) is 31.9 Å². The third-order valence-corrected chi connectivity index (χ3v) is 5.28. The Kier molecular flexibility index (Phi) is 7.13. The Labute approximate surface area is 147 Å². The lowest BCUT2D eigenvalue weighted by atomic mass is 10.1. The van der Waals surface area contributed by atoms with E-state index in [1.807, 2.05) is 55.5 Å². The summed E-state index contributed by atoms with van der Waals surface area (Å²) in [7, 11) is -1.45. The van der Waals surface area contributed by atoms with Crippen LogP contribution < -0.4 is 0 Å². The highest BCUT2D eigenvalue weighted by Crippen LogP contribution is 2.21. The van der Waals surface area contributed by atoms with Gasteiger partial charge >= 0.3 is 0 Å². The summed E-state index contributed by atoms with van der Waals surface area (Å²) >= 11 is 0. The molecular weight excluding hydrogens is 316 g/mol. The first kappa shape index (κ1) is 18.3. The van der Waals surface area contributed by atoms with Gasteiger partial charge in [0.15, 0.2) is 0 Å². The van der Waals surface area contributed by atoms with E-state index in [2.05, 4.69) is 6.92 Å². The maximum Gasteiger partial charge on any atom is 0.201 e. The molecule has 126 valence electrons. The van der Waals surface area contributed by atoms with Gasteiger partial charge in [-0.2, -0.15) is 0 Å². The zero-order chi connectivity index (χ0) is 17.4. The van der Waals surface area contributed by atoms with Crippen molar-refractivity contribution in [3.05, 3.63) is 76.7 Å². The number of carbonyl (C=O) groups is 1. The van der Waals surface area contributed by atoms with E-state index in [0.717, 1.165) is 31.2 Å². The van der Waals surface area contributed by atoms with Crippen molar-refractivity contribution in [3.63, 3.8) is 0 Å². The number of aryl methyl sites for hydroxylation is 1. The molecule has 0 aliphatic rings. The van der Waals surface area contributed by atoms with Gasteiger partial charge in [0.05, 0.1) is 15.7 Å². The summed E-state index contributed by atoms with van der Waals surface area (Å²) in [4.78, 5) is 13.9. The van der Waals surface area contributed by atoms with E-state index in [9.17, 15) is 9.00 Å². The number of hydrogen-bond donors (Lipinski definition) is 0. The molecule has 0 saturated carbocycles. The number of unbranched alkanes of at least 4 members (excludes halogenated alkanes) is 3. The minimum Gasteiger partial charge on any atom is -0.288 e. The molecule has 0 aliphatic heterocycles. The zero-order valence-electron chi connectivity index (χ0n) is 14.3. The average molecular weight is 340 g/mol. The van der Waals surface area contributed by atoms with Crippen molar-refractivity contribution < 1.29 is 9.00 Å². The molecule has 24 heavy (non-hydrogen) atoms. The van der Waals surface area contributed by atoms with Crippen molar-refractivity contribution in [2.75, 3.05) is 0 Å². The van der Waals surface area contributed by atoms with Crippen molar-refractivity contribution >= 4 is 16.6 Å².